The second kappa shape index (κ2) is 8.21. The van der Waals surface area contributed by atoms with Crippen molar-refractivity contribution >= 4 is 46.4 Å². The van der Waals surface area contributed by atoms with Crippen LogP contribution in [0, 0.1) is 0 Å². The van der Waals surface area contributed by atoms with Gasteiger partial charge in [-0.05, 0) is 12.1 Å². The van der Waals surface area contributed by atoms with E-state index in [9.17, 15) is 9.59 Å². The maximum absolute atomic E-state index is 12.1. The number of halogens is 1. The zero-order valence-corrected chi connectivity index (χ0v) is 15.6. The molecule has 0 atom stereocenters. The van der Waals surface area contributed by atoms with E-state index in [2.05, 4.69) is 10.5 Å². The first-order valence-electron chi connectivity index (χ1n) is 7.84. The molecule has 0 unspecified atom stereocenters. The van der Waals surface area contributed by atoms with Crippen LogP contribution in [0.2, 0.25) is 5.02 Å². The molecule has 26 heavy (non-hydrogen) atoms. The lowest BCUT2D eigenvalue weighted by atomic mass is 10.2. The summed E-state index contributed by atoms with van der Waals surface area (Å²) in [5.41, 5.74) is 3.92. The normalized spacial score (nSPS) is 11.2. The smallest absolute Gasteiger partial charge is 0.251 e. The topological polar surface area (TPSA) is 63.5 Å². The van der Waals surface area contributed by atoms with Crippen molar-refractivity contribution in [2.24, 2.45) is 12.1 Å². The Morgan fingerprint density at radius 3 is 2.77 bits per heavy atom. The van der Waals surface area contributed by atoms with Crippen LogP contribution in [0.4, 0.5) is 0 Å². The van der Waals surface area contributed by atoms with Crippen molar-refractivity contribution in [3.8, 4) is 0 Å². The molecular formula is C19H16ClN3O2S. The van der Waals surface area contributed by atoms with Crippen molar-refractivity contribution in [2.75, 3.05) is 5.75 Å². The summed E-state index contributed by atoms with van der Waals surface area (Å²) in [7, 11) is 1.73. The molecule has 3 rings (SSSR count). The van der Waals surface area contributed by atoms with Gasteiger partial charge >= 0.3 is 0 Å². The fourth-order valence-electron chi connectivity index (χ4n) is 2.43. The van der Waals surface area contributed by atoms with E-state index in [1.165, 1.54) is 18.0 Å². The van der Waals surface area contributed by atoms with Gasteiger partial charge in [0.15, 0.2) is 0 Å². The highest BCUT2D eigenvalue weighted by atomic mass is 35.5. The minimum absolute atomic E-state index is 0.108. The average molecular weight is 386 g/mol. The summed E-state index contributed by atoms with van der Waals surface area (Å²) in [6.07, 6.45) is 1.50. The van der Waals surface area contributed by atoms with E-state index >= 15 is 0 Å². The van der Waals surface area contributed by atoms with Gasteiger partial charge in [-0.3, -0.25) is 9.59 Å². The number of carbonyl (C=O) groups is 1. The molecule has 5 nitrogen and oxygen atoms in total. The lowest BCUT2D eigenvalue weighted by Crippen LogP contribution is -2.20. The summed E-state index contributed by atoms with van der Waals surface area (Å²) in [6, 6.07) is 16.4. The number of hydrogen-bond donors (Lipinski definition) is 1. The van der Waals surface area contributed by atoms with E-state index in [4.69, 9.17) is 11.6 Å². The van der Waals surface area contributed by atoms with Crippen molar-refractivity contribution in [2.45, 2.75) is 4.90 Å². The fourth-order valence-corrected chi connectivity index (χ4v) is 3.48. The number of fused-ring (bicyclic) bond motifs is 1. The van der Waals surface area contributed by atoms with Crippen LogP contribution in [-0.4, -0.2) is 22.4 Å². The summed E-state index contributed by atoms with van der Waals surface area (Å²) in [4.78, 5) is 24.9. The maximum atomic E-state index is 12.1. The van der Waals surface area contributed by atoms with Crippen molar-refractivity contribution in [1.82, 2.24) is 9.99 Å². The van der Waals surface area contributed by atoms with E-state index in [0.29, 0.717) is 5.02 Å². The Hall–Kier alpha value is -2.57. The Morgan fingerprint density at radius 2 is 1.96 bits per heavy atom. The largest absolute Gasteiger partial charge is 0.311 e. The minimum Gasteiger partial charge on any atom is -0.311 e. The highest BCUT2D eigenvalue weighted by molar-refractivity contribution is 8.00. The van der Waals surface area contributed by atoms with Gasteiger partial charge in [0.2, 0.25) is 5.91 Å². The second-order valence-corrected chi connectivity index (χ2v) is 6.95. The number of aryl methyl sites for hydroxylation is 1. The lowest BCUT2D eigenvalue weighted by molar-refractivity contribution is -0.118. The van der Waals surface area contributed by atoms with Gasteiger partial charge in [0.25, 0.3) is 5.56 Å². The van der Waals surface area contributed by atoms with Crippen molar-refractivity contribution < 1.29 is 4.79 Å². The van der Waals surface area contributed by atoms with Gasteiger partial charge in [-0.15, -0.1) is 11.8 Å². The Balaban J connectivity index is 1.67. The summed E-state index contributed by atoms with van der Waals surface area (Å²) in [5.74, 6) is -0.111. The SMILES string of the molecule is Cn1c(=O)cc(SCC(=O)N/N=C/c2ccccc2Cl)c2ccccc21. The number of nitrogens with one attached hydrogen (secondary N) is 1. The fraction of sp³-hybridized carbons (Fsp3) is 0.105. The van der Waals surface area contributed by atoms with Crippen LogP contribution in [-0.2, 0) is 11.8 Å². The number of nitrogens with zero attached hydrogens (tertiary/aromatic N) is 2. The van der Waals surface area contributed by atoms with Crippen LogP contribution in [0.5, 0.6) is 0 Å². The van der Waals surface area contributed by atoms with Crippen LogP contribution >= 0.6 is 23.4 Å². The molecule has 0 aliphatic heterocycles. The van der Waals surface area contributed by atoms with Gasteiger partial charge in [-0.1, -0.05) is 48.0 Å². The Morgan fingerprint density at radius 1 is 1.23 bits per heavy atom. The van der Waals surface area contributed by atoms with Gasteiger partial charge in [-0.25, -0.2) is 5.43 Å². The maximum Gasteiger partial charge on any atom is 0.251 e. The van der Waals surface area contributed by atoms with Crippen molar-refractivity contribution in [3.63, 3.8) is 0 Å². The molecule has 0 aliphatic carbocycles. The van der Waals surface area contributed by atoms with Gasteiger partial charge in [0.05, 0.1) is 17.5 Å². The Kier molecular flexibility index (Phi) is 5.75. The number of hydrogen-bond acceptors (Lipinski definition) is 4. The number of thioether (sulfide) groups is 1. The third kappa shape index (κ3) is 4.15. The van der Waals surface area contributed by atoms with Crippen LogP contribution in [0.15, 0.2) is 69.4 Å². The van der Waals surface area contributed by atoms with E-state index in [0.717, 1.165) is 21.4 Å². The van der Waals surface area contributed by atoms with Crippen LogP contribution in [0.3, 0.4) is 0 Å². The first-order chi connectivity index (χ1) is 12.6. The van der Waals surface area contributed by atoms with Gasteiger partial charge in [0, 0.05) is 34.0 Å². The number of para-hydroxylation sites is 1. The van der Waals surface area contributed by atoms with Crippen molar-refractivity contribution in [1.29, 1.82) is 0 Å². The number of benzene rings is 2. The molecule has 132 valence electrons. The highest BCUT2D eigenvalue weighted by Crippen LogP contribution is 2.25. The predicted molar refractivity (Wildman–Crippen MR) is 107 cm³/mol. The van der Waals surface area contributed by atoms with Crippen LogP contribution in [0.1, 0.15) is 5.56 Å². The van der Waals surface area contributed by atoms with Gasteiger partial charge in [-0.2, -0.15) is 5.10 Å². The zero-order valence-electron chi connectivity index (χ0n) is 14.0. The first-order valence-corrected chi connectivity index (χ1v) is 9.20. The summed E-state index contributed by atoms with van der Waals surface area (Å²) in [6.45, 7) is 0. The van der Waals surface area contributed by atoms with Crippen LogP contribution in [0.25, 0.3) is 10.9 Å². The molecule has 1 N–H and O–H groups in total. The summed E-state index contributed by atoms with van der Waals surface area (Å²) in [5, 5.41) is 5.42. The molecule has 0 radical (unpaired) electrons. The average Bonchev–Trinajstić information content (AvgIpc) is 2.65. The number of hydrazone groups is 1. The number of amides is 1. The Labute approximate surface area is 159 Å². The second-order valence-electron chi connectivity index (χ2n) is 5.53. The zero-order chi connectivity index (χ0) is 18.5. The number of rotatable bonds is 5. The molecule has 2 aromatic carbocycles. The van der Waals surface area contributed by atoms with E-state index in [1.54, 1.807) is 29.8 Å². The molecule has 0 fully saturated rings. The molecule has 0 bridgehead atoms. The van der Waals surface area contributed by atoms with E-state index in [-0.39, 0.29) is 17.2 Å². The van der Waals surface area contributed by atoms with Crippen molar-refractivity contribution in [3.05, 3.63) is 75.5 Å². The van der Waals surface area contributed by atoms with E-state index in [1.807, 2.05) is 36.4 Å². The van der Waals surface area contributed by atoms with E-state index < -0.39 is 0 Å². The molecular weight excluding hydrogens is 370 g/mol. The summed E-state index contributed by atoms with van der Waals surface area (Å²) >= 11 is 7.33. The highest BCUT2D eigenvalue weighted by Gasteiger charge is 2.09. The number of carbonyl (C=O) groups excluding carboxylic acids is 1. The van der Waals surface area contributed by atoms with Gasteiger partial charge < -0.3 is 4.57 Å². The minimum atomic E-state index is -0.261. The standard InChI is InChI=1S/C19H16ClN3O2S/c1-23-16-9-5-3-7-14(16)17(10-19(23)25)26-12-18(24)22-21-11-13-6-2-4-8-15(13)20/h2-11H,12H2,1H3,(H,22,24)/b21-11+. The van der Waals surface area contributed by atoms with Crippen LogP contribution < -0.4 is 11.0 Å². The van der Waals surface area contributed by atoms with Gasteiger partial charge in [0.1, 0.15) is 0 Å². The number of pyridine rings is 1. The quantitative estimate of drug-likeness (QED) is 0.415. The third-order valence-corrected chi connectivity index (χ3v) is 5.17. The summed E-state index contributed by atoms with van der Waals surface area (Å²) < 4.78 is 1.59. The molecule has 1 heterocycles. The lowest BCUT2D eigenvalue weighted by Gasteiger charge is -2.09. The molecule has 0 saturated heterocycles. The molecule has 3 aromatic rings. The predicted octanol–water partition coefficient (Wildman–Crippen LogP) is 3.43. The molecule has 1 aromatic heterocycles. The molecule has 0 spiro atoms. The molecule has 0 aliphatic rings. The Bertz CT molecular complexity index is 1050. The third-order valence-electron chi connectivity index (χ3n) is 3.77. The molecule has 1 amide bonds. The monoisotopic (exact) mass is 385 g/mol. The molecule has 7 heteroatoms. The first kappa shape index (κ1) is 18.2. The number of aromatic nitrogens is 1. The molecule has 0 saturated carbocycles.